The Bertz CT molecular complexity index is 1190. The molecule has 25 heteroatoms. The molecular formula is C53H136N4O13Si8. The first kappa shape index (κ1) is 87.8. The van der Waals surface area contributed by atoms with Crippen LogP contribution in [0.4, 0.5) is 0 Å². The van der Waals surface area contributed by atoms with E-state index in [1.54, 1.807) is 0 Å². The normalized spacial score (nSPS) is 13.3. The van der Waals surface area contributed by atoms with Gasteiger partial charge in [-0.15, -0.1) is 0 Å². The Morgan fingerprint density at radius 3 is 0.962 bits per heavy atom. The van der Waals surface area contributed by atoms with Crippen LogP contribution in [-0.2, 0) is 53.1 Å². The molecule has 0 amide bonds. The molecule has 0 aromatic carbocycles. The molecule has 4 N–H and O–H groups in total. The number of nitrogens with zero attached hydrogens (tertiary/aromatic N) is 2. The van der Waals surface area contributed by atoms with Crippen molar-refractivity contribution in [3.8, 4) is 0 Å². The summed E-state index contributed by atoms with van der Waals surface area (Å²) in [5, 5.41) is 12.5. The second-order valence-corrected chi connectivity index (χ2v) is 58.6. The summed E-state index contributed by atoms with van der Waals surface area (Å²) in [4.78, 5) is 4.62. The fourth-order valence-electron chi connectivity index (χ4n) is 7.34. The van der Waals surface area contributed by atoms with Gasteiger partial charge in [-0.25, -0.2) is 0 Å². The molecule has 0 aliphatic rings. The fourth-order valence-corrected chi connectivity index (χ4v) is 42.6. The van der Waals surface area contributed by atoms with Crippen LogP contribution in [0.25, 0.3) is 0 Å². The van der Waals surface area contributed by atoms with Crippen molar-refractivity contribution in [2.45, 2.75) is 210 Å². The van der Waals surface area contributed by atoms with Gasteiger partial charge in [0, 0.05) is 32.8 Å². The minimum absolute atomic E-state index is 0.364. The molecule has 0 rings (SSSR count). The Labute approximate surface area is 493 Å². The Hall–Kier alpha value is 1.06. The van der Waals surface area contributed by atoms with E-state index < -0.39 is 67.5 Å². The van der Waals surface area contributed by atoms with Gasteiger partial charge >= 0.3 is 34.2 Å². The largest absolute Gasteiger partial charge is 0.437 e. The smallest absolute Gasteiger partial charge is 0.312 e. The summed E-state index contributed by atoms with van der Waals surface area (Å²) < 4.78 is 69.5. The fraction of sp³-hybridized carbons (Fsp3) is 1.00. The lowest BCUT2D eigenvalue weighted by molar-refractivity contribution is -0.0239. The highest BCUT2D eigenvalue weighted by molar-refractivity contribution is 6.90. The number of aliphatic hydroxyl groups excluding tert-OH is 1. The number of hydrogen-bond acceptors (Lipinski definition) is 17. The molecule has 1 unspecified atom stereocenters. The molecule has 0 spiro atoms. The lowest BCUT2D eigenvalue weighted by Crippen LogP contribution is -2.55. The standard InChI is InChI=1S/C18H38O7.2C10H30O3Si4.C9H22N2.C6H16N2/c1-3-5-6-20-7-8-21-9-10-22-11-12-23-13-14-24-15-16-25-17-18(19)4-2;2*1-14(2,3)11-16(7,8)13-17(9,10)12-15(4,5)6;1-5-6-7-11(4)9-8-10(2)3;1-2-3-5-8-6-4-7/h18-19H,3-17H2,1-2H3;2*1-10H3;5-9H2,1-4H3;8H,2-7H2,1H3. The average Bonchev–Trinajstić information content (AvgIpc) is 3.23. The van der Waals surface area contributed by atoms with Gasteiger partial charge in [-0.05, 0) is 191 Å². The van der Waals surface area contributed by atoms with Crippen molar-refractivity contribution in [3.63, 3.8) is 0 Å². The van der Waals surface area contributed by atoms with Crippen molar-refractivity contribution in [2.24, 2.45) is 5.73 Å². The lowest BCUT2D eigenvalue weighted by Gasteiger charge is -2.39. The Morgan fingerprint density at radius 2 is 0.692 bits per heavy atom. The number of rotatable bonds is 44. The Morgan fingerprint density at radius 1 is 0.385 bits per heavy atom. The maximum absolute atomic E-state index is 9.29. The van der Waals surface area contributed by atoms with Gasteiger partial charge in [0.15, 0.2) is 33.3 Å². The van der Waals surface area contributed by atoms with Crippen LogP contribution in [0.2, 0.25) is 131 Å². The van der Waals surface area contributed by atoms with Crippen molar-refractivity contribution < 1.29 is 58.2 Å². The second kappa shape index (κ2) is 50.2. The molecule has 78 heavy (non-hydrogen) atoms. The molecule has 0 saturated carbocycles. The minimum Gasteiger partial charge on any atom is -0.437 e. The summed E-state index contributed by atoms with van der Waals surface area (Å²) in [5.41, 5.74) is 5.25. The lowest BCUT2D eigenvalue weighted by atomic mass is 10.3. The van der Waals surface area contributed by atoms with Gasteiger partial charge in [-0.1, -0.05) is 47.0 Å². The zero-order chi connectivity index (χ0) is 61.6. The quantitative estimate of drug-likeness (QED) is 0.0388. The van der Waals surface area contributed by atoms with E-state index in [9.17, 15) is 5.11 Å². The summed E-state index contributed by atoms with van der Waals surface area (Å²) in [5.74, 6) is 0. The molecule has 0 saturated heterocycles. The van der Waals surface area contributed by atoms with Crippen molar-refractivity contribution in [2.75, 3.05) is 140 Å². The van der Waals surface area contributed by atoms with Crippen molar-refractivity contribution in [1.82, 2.24) is 15.1 Å². The highest BCUT2D eigenvalue weighted by atomic mass is 28.5. The number of nitrogens with one attached hydrogen (secondary N) is 1. The molecule has 0 bridgehead atoms. The number of aliphatic hydroxyl groups is 1. The molecule has 0 fully saturated rings. The molecule has 478 valence electrons. The first-order valence-electron chi connectivity index (χ1n) is 29.7. The monoisotopic (exact) mass is 1260 g/mol. The zero-order valence-corrected chi connectivity index (χ0v) is 64.6. The van der Waals surface area contributed by atoms with Crippen LogP contribution >= 0.6 is 0 Å². The molecule has 0 aliphatic heterocycles. The summed E-state index contributed by atoms with van der Waals surface area (Å²) in [6.07, 6.45) is 7.73. The summed E-state index contributed by atoms with van der Waals surface area (Å²) >= 11 is 0. The van der Waals surface area contributed by atoms with Gasteiger partial charge in [0.2, 0.25) is 0 Å². The Balaban J connectivity index is -0.000000298. The van der Waals surface area contributed by atoms with Crippen LogP contribution in [0.1, 0.15) is 72.6 Å². The SMILES string of the molecule is CCCCN(C)CCN(C)C.CCCCNCCN.CCCCOCCOCCOCCOCCOCCOCC(O)CC.C[Si](C)(C)O[Si](C)(C)O[Si](C)(C)O[Si](C)(C)C.C[Si](C)(C)O[Si](C)(C)O[Si](C)(C)O[Si](C)(C)C. The molecule has 17 nitrogen and oxygen atoms in total. The topological polar surface area (TPSA) is 176 Å². The van der Waals surface area contributed by atoms with E-state index >= 15 is 0 Å². The van der Waals surface area contributed by atoms with Crippen LogP contribution in [-0.4, -0.2) is 228 Å². The van der Waals surface area contributed by atoms with Crippen LogP contribution in [0.3, 0.4) is 0 Å². The third-order valence-corrected chi connectivity index (χ3v) is 34.9. The number of nitrogens with two attached hydrogens (primary N) is 1. The van der Waals surface area contributed by atoms with Crippen molar-refractivity contribution >= 4 is 67.5 Å². The average molecular weight is 1260 g/mol. The first-order chi connectivity index (χ1) is 35.6. The van der Waals surface area contributed by atoms with E-state index in [1.807, 2.05) is 6.92 Å². The van der Waals surface area contributed by atoms with E-state index in [0.29, 0.717) is 79.1 Å². The van der Waals surface area contributed by atoms with Crippen LogP contribution in [0.15, 0.2) is 0 Å². The van der Waals surface area contributed by atoms with Gasteiger partial charge in [0.1, 0.15) is 0 Å². The van der Waals surface area contributed by atoms with Crippen LogP contribution in [0, 0.1) is 0 Å². The van der Waals surface area contributed by atoms with E-state index in [4.69, 9.17) is 58.8 Å². The minimum atomic E-state index is -2.05. The predicted molar refractivity (Wildman–Crippen MR) is 354 cm³/mol. The number of unbranched alkanes of at least 4 members (excludes halogenated alkanes) is 3. The van der Waals surface area contributed by atoms with E-state index in [2.05, 4.69) is 188 Å². The maximum Gasteiger partial charge on any atom is 0.312 e. The number of hydrogen-bond donors (Lipinski definition) is 3. The molecular weight excluding hydrogens is 1130 g/mol. The van der Waals surface area contributed by atoms with Gasteiger partial charge in [-0.3, -0.25) is 0 Å². The third-order valence-electron chi connectivity index (χ3n) is 9.33. The highest BCUT2D eigenvalue weighted by Crippen LogP contribution is 2.25. The summed E-state index contributed by atoms with van der Waals surface area (Å²) in [6.45, 7) is 65.2. The molecule has 0 aromatic rings. The van der Waals surface area contributed by atoms with Gasteiger partial charge < -0.3 is 79.1 Å². The summed E-state index contributed by atoms with van der Waals surface area (Å²) in [7, 11) is -7.93. The van der Waals surface area contributed by atoms with Gasteiger partial charge in [-0.2, -0.15) is 0 Å². The molecule has 0 aliphatic carbocycles. The molecule has 1 atom stereocenters. The van der Waals surface area contributed by atoms with Gasteiger partial charge in [0.25, 0.3) is 0 Å². The van der Waals surface area contributed by atoms with E-state index in [-0.39, 0.29) is 6.10 Å². The maximum atomic E-state index is 9.29. The number of likely N-dealkylation sites (N-methyl/N-ethyl adjacent to an activating group) is 2. The second-order valence-electron chi connectivity index (χ2n) is 25.6. The van der Waals surface area contributed by atoms with Crippen LogP contribution in [0.5, 0.6) is 0 Å². The number of ether oxygens (including phenoxy) is 6. The highest BCUT2D eigenvalue weighted by Gasteiger charge is 2.42. The first-order valence-corrected chi connectivity index (χ1v) is 54.6. The third kappa shape index (κ3) is 81.3. The molecule has 0 aromatic heterocycles. The summed E-state index contributed by atoms with van der Waals surface area (Å²) in [6, 6.07) is 0. The van der Waals surface area contributed by atoms with E-state index in [1.165, 1.54) is 45.3 Å². The van der Waals surface area contributed by atoms with Gasteiger partial charge in [0.05, 0.1) is 78.8 Å². The molecule has 0 heterocycles. The van der Waals surface area contributed by atoms with E-state index in [0.717, 1.165) is 39.1 Å². The predicted octanol–water partition coefficient (Wildman–Crippen LogP) is 11.5. The van der Waals surface area contributed by atoms with Crippen molar-refractivity contribution in [3.05, 3.63) is 0 Å². The van der Waals surface area contributed by atoms with Crippen molar-refractivity contribution in [1.29, 1.82) is 0 Å². The Kier molecular flexibility index (Phi) is 56.6. The zero-order valence-electron chi connectivity index (χ0n) is 56.6. The molecule has 0 radical (unpaired) electrons. The van der Waals surface area contributed by atoms with Crippen LogP contribution < -0.4 is 11.1 Å².